The topological polar surface area (TPSA) is 60.9 Å². The van der Waals surface area contributed by atoms with Gasteiger partial charge in [0.25, 0.3) is 5.91 Å². The average molecular weight is 373 g/mol. The zero-order valence-electron chi connectivity index (χ0n) is 15.5. The maximum atomic E-state index is 13.3. The molecule has 0 saturated heterocycles. The third-order valence-corrected chi connectivity index (χ3v) is 4.80. The molecule has 1 amide bonds. The lowest BCUT2D eigenvalue weighted by Gasteiger charge is -2.06. The van der Waals surface area contributed by atoms with Gasteiger partial charge in [0.2, 0.25) is 0 Å². The maximum absolute atomic E-state index is 13.3. The number of nitrogens with two attached hydrogens (primary N) is 1. The van der Waals surface area contributed by atoms with Crippen LogP contribution in [0.2, 0.25) is 0 Å². The van der Waals surface area contributed by atoms with Crippen molar-refractivity contribution in [2.75, 3.05) is 0 Å². The Morgan fingerprint density at radius 2 is 1.82 bits per heavy atom. The van der Waals surface area contributed by atoms with Crippen molar-refractivity contribution in [1.29, 1.82) is 0 Å². The molecule has 0 aliphatic heterocycles. The predicted molar refractivity (Wildman–Crippen MR) is 109 cm³/mol. The normalized spacial score (nSPS) is 11.1. The van der Waals surface area contributed by atoms with Crippen molar-refractivity contribution in [3.8, 4) is 22.4 Å². The molecule has 28 heavy (non-hydrogen) atoms. The molecule has 2 aromatic heterocycles. The smallest absolute Gasteiger partial charge is 0.267 e. The van der Waals surface area contributed by atoms with Crippen LogP contribution in [0.4, 0.5) is 4.39 Å². The molecule has 0 aliphatic rings. The highest BCUT2D eigenvalue weighted by molar-refractivity contribution is 5.98. The molecule has 0 atom stereocenters. The van der Waals surface area contributed by atoms with E-state index >= 15 is 0 Å². The van der Waals surface area contributed by atoms with Crippen LogP contribution >= 0.6 is 0 Å². The van der Waals surface area contributed by atoms with E-state index in [0.717, 1.165) is 40.6 Å². The molecule has 0 fully saturated rings. The summed E-state index contributed by atoms with van der Waals surface area (Å²) >= 11 is 0. The molecule has 0 saturated carbocycles. The summed E-state index contributed by atoms with van der Waals surface area (Å²) in [6, 6.07) is 17.9. The molecule has 4 rings (SSSR count). The second-order valence-corrected chi connectivity index (χ2v) is 6.75. The Morgan fingerprint density at radius 1 is 1.07 bits per heavy atom. The van der Waals surface area contributed by atoms with Crippen molar-refractivity contribution >= 4 is 16.8 Å². The number of hydrogen-bond acceptors (Lipinski definition) is 2. The number of nitrogens with zero attached hydrogens (tertiary/aromatic N) is 2. The molecule has 0 aliphatic carbocycles. The van der Waals surface area contributed by atoms with Crippen molar-refractivity contribution in [3.63, 3.8) is 0 Å². The van der Waals surface area contributed by atoms with Crippen LogP contribution in [0.15, 0.2) is 66.9 Å². The minimum Gasteiger partial charge on any atom is -0.364 e. The second kappa shape index (κ2) is 7.27. The first-order chi connectivity index (χ1) is 13.6. The number of pyridine rings is 1. The van der Waals surface area contributed by atoms with E-state index in [2.05, 4.69) is 28.7 Å². The number of hydrogen-bond donors (Lipinski definition) is 1. The van der Waals surface area contributed by atoms with Gasteiger partial charge in [-0.15, -0.1) is 0 Å². The van der Waals surface area contributed by atoms with Gasteiger partial charge in [-0.05, 0) is 42.3 Å². The fourth-order valence-corrected chi connectivity index (χ4v) is 3.47. The summed E-state index contributed by atoms with van der Waals surface area (Å²) in [5.74, 6) is -0.792. The molecule has 0 spiro atoms. The van der Waals surface area contributed by atoms with Gasteiger partial charge in [-0.25, -0.2) is 9.37 Å². The molecule has 2 heterocycles. The molecule has 0 radical (unpaired) electrons. The molecule has 0 unspecified atom stereocenters. The summed E-state index contributed by atoms with van der Waals surface area (Å²) < 4.78 is 15.5. The van der Waals surface area contributed by atoms with E-state index in [4.69, 9.17) is 5.73 Å². The van der Waals surface area contributed by atoms with Gasteiger partial charge in [-0.3, -0.25) is 4.79 Å². The Balaban J connectivity index is 1.87. The Kier molecular flexibility index (Phi) is 4.65. The van der Waals surface area contributed by atoms with Gasteiger partial charge in [-0.2, -0.15) is 0 Å². The van der Waals surface area contributed by atoms with Gasteiger partial charge in [-0.1, -0.05) is 37.3 Å². The number of amides is 1. The summed E-state index contributed by atoms with van der Waals surface area (Å²) in [7, 11) is 0. The van der Waals surface area contributed by atoms with Gasteiger partial charge >= 0.3 is 0 Å². The fraction of sp³-hybridized carbons (Fsp3) is 0.130. The summed E-state index contributed by atoms with van der Waals surface area (Å²) in [4.78, 5) is 15.8. The van der Waals surface area contributed by atoms with Crippen LogP contribution in [0.5, 0.6) is 0 Å². The minimum absolute atomic E-state index is 0.244. The fourth-order valence-electron chi connectivity index (χ4n) is 3.47. The molecular weight excluding hydrogens is 353 g/mol. The van der Waals surface area contributed by atoms with Gasteiger partial charge in [0.05, 0.1) is 5.69 Å². The van der Waals surface area contributed by atoms with E-state index in [1.807, 2.05) is 18.2 Å². The lowest BCUT2D eigenvalue weighted by molar-refractivity contribution is 0.0995. The third kappa shape index (κ3) is 3.27. The number of aryl methyl sites for hydroxylation is 1. The molecular formula is C23H20FN3O. The first kappa shape index (κ1) is 17.9. The van der Waals surface area contributed by atoms with E-state index < -0.39 is 5.91 Å². The Labute approximate surface area is 162 Å². The Bertz CT molecular complexity index is 1160. The molecule has 4 nitrogen and oxygen atoms in total. The van der Waals surface area contributed by atoms with E-state index in [1.165, 1.54) is 12.1 Å². The SMILES string of the molecule is CCCn1cc(-c2ccc(F)cc2)c2ccc(-c3cccc(C(N)=O)n3)cc21. The van der Waals surface area contributed by atoms with Crippen LogP contribution in [0.3, 0.4) is 0 Å². The first-order valence-corrected chi connectivity index (χ1v) is 9.23. The Morgan fingerprint density at radius 3 is 2.54 bits per heavy atom. The number of aromatic nitrogens is 2. The quantitative estimate of drug-likeness (QED) is 0.534. The van der Waals surface area contributed by atoms with Crippen LogP contribution < -0.4 is 5.73 Å². The lowest BCUT2D eigenvalue weighted by atomic mass is 10.0. The van der Waals surface area contributed by atoms with Crippen LogP contribution in [0.1, 0.15) is 23.8 Å². The highest BCUT2D eigenvalue weighted by Crippen LogP contribution is 2.33. The van der Waals surface area contributed by atoms with Gasteiger partial charge in [0.15, 0.2) is 0 Å². The molecule has 140 valence electrons. The van der Waals surface area contributed by atoms with Gasteiger partial charge in [0, 0.05) is 34.8 Å². The summed E-state index contributed by atoms with van der Waals surface area (Å²) in [6.07, 6.45) is 3.10. The lowest BCUT2D eigenvalue weighted by Crippen LogP contribution is -2.13. The summed E-state index contributed by atoms with van der Waals surface area (Å²) in [6.45, 7) is 3.00. The molecule has 0 bridgehead atoms. The Hall–Kier alpha value is -3.47. The standard InChI is InChI=1S/C23H20FN3O/c1-2-12-27-14-19(15-6-9-17(24)10-7-15)18-11-8-16(13-22(18)27)20-4-3-5-21(26-20)23(25)28/h3-11,13-14H,2,12H2,1H3,(H2,25,28). The van der Waals surface area contributed by atoms with E-state index in [-0.39, 0.29) is 11.5 Å². The van der Waals surface area contributed by atoms with Crippen LogP contribution in [0, 0.1) is 5.82 Å². The number of carbonyl (C=O) groups is 1. The minimum atomic E-state index is -0.545. The van der Waals surface area contributed by atoms with Crippen molar-refractivity contribution in [3.05, 3.63) is 78.4 Å². The van der Waals surface area contributed by atoms with Crippen molar-refractivity contribution in [1.82, 2.24) is 9.55 Å². The number of benzene rings is 2. The molecule has 2 N–H and O–H groups in total. The van der Waals surface area contributed by atoms with Crippen molar-refractivity contribution < 1.29 is 9.18 Å². The summed E-state index contributed by atoms with van der Waals surface area (Å²) in [5.41, 5.74) is 10.3. The average Bonchev–Trinajstić information content (AvgIpc) is 3.07. The van der Waals surface area contributed by atoms with E-state index in [1.54, 1.807) is 24.3 Å². The van der Waals surface area contributed by atoms with Gasteiger partial charge < -0.3 is 10.3 Å². The zero-order valence-corrected chi connectivity index (χ0v) is 15.5. The maximum Gasteiger partial charge on any atom is 0.267 e. The van der Waals surface area contributed by atoms with Crippen molar-refractivity contribution in [2.45, 2.75) is 19.9 Å². The van der Waals surface area contributed by atoms with Crippen molar-refractivity contribution in [2.24, 2.45) is 5.73 Å². The summed E-state index contributed by atoms with van der Waals surface area (Å²) in [5, 5.41) is 1.09. The number of rotatable bonds is 5. The second-order valence-electron chi connectivity index (χ2n) is 6.75. The van der Waals surface area contributed by atoms with Gasteiger partial charge in [0.1, 0.15) is 11.5 Å². The largest absolute Gasteiger partial charge is 0.364 e. The highest BCUT2D eigenvalue weighted by atomic mass is 19.1. The highest BCUT2D eigenvalue weighted by Gasteiger charge is 2.13. The van der Waals surface area contributed by atoms with Crippen LogP contribution in [-0.2, 0) is 6.54 Å². The molecule has 2 aromatic carbocycles. The zero-order chi connectivity index (χ0) is 19.7. The number of halogens is 1. The number of primary amides is 1. The first-order valence-electron chi connectivity index (χ1n) is 9.23. The predicted octanol–water partition coefficient (Wildman–Crippen LogP) is 5.02. The van der Waals surface area contributed by atoms with E-state index in [9.17, 15) is 9.18 Å². The monoisotopic (exact) mass is 373 g/mol. The van der Waals surface area contributed by atoms with E-state index in [0.29, 0.717) is 5.69 Å². The number of fused-ring (bicyclic) bond motifs is 1. The molecule has 5 heteroatoms. The van der Waals surface area contributed by atoms with Crippen LogP contribution in [0.25, 0.3) is 33.3 Å². The van der Waals surface area contributed by atoms with Crippen LogP contribution in [-0.4, -0.2) is 15.5 Å². The third-order valence-electron chi connectivity index (χ3n) is 4.80. The molecule has 4 aromatic rings. The number of carbonyl (C=O) groups excluding carboxylic acids is 1.